The molecule has 17 heteroatoms. The molecular formula is C20H4Br3Cl4I2O7S-. The average molecular weight is 1020 g/mol. The number of hydrogen-bond acceptors (Lipinski definition) is 7. The van der Waals surface area contributed by atoms with E-state index in [4.69, 9.17) is 55.9 Å². The molecule has 0 bridgehead atoms. The van der Waals surface area contributed by atoms with E-state index < -0.39 is 48.1 Å². The van der Waals surface area contributed by atoms with E-state index in [0.717, 1.165) is 12.1 Å². The molecule has 196 valence electrons. The third-order valence-electron chi connectivity index (χ3n) is 4.27. The Kier molecular flexibility index (Phi) is 10.9. The van der Waals surface area contributed by atoms with Crippen molar-refractivity contribution in [1.29, 1.82) is 0 Å². The van der Waals surface area contributed by atoms with E-state index in [1.807, 2.05) is 0 Å². The van der Waals surface area contributed by atoms with Gasteiger partial charge >= 0.3 is 11.9 Å². The van der Waals surface area contributed by atoms with Gasteiger partial charge in [-0.2, -0.15) is 0 Å². The van der Waals surface area contributed by atoms with Gasteiger partial charge < -0.3 is 14.0 Å². The largest absolute Gasteiger partial charge is 0.744 e. The Morgan fingerprint density at radius 1 is 0.757 bits per heavy atom. The van der Waals surface area contributed by atoms with Gasteiger partial charge in [0.05, 0.1) is 45.1 Å². The van der Waals surface area contributed by atoms with Crippen molar-refractivity contribution in [3.05, 3.63) is 76.0 Å². The van der Waals surface area contributed by atoms with Crippen molar-refractivity contribution in [2.24, 2.45) is 0 Å². The van der Waals surface area contributed by atoms with Gasteiger partial charge in [-0.15, -0.1) is 0 Å². The first-order valence-electron chi connectivity index (χ1n) is 8.94. The quantitative estimate of drug-likeness (QED) is 0.0627. The highest BCUT2D eigenvalue weighted by Crippen LogP contribution is 2.44. The zero-order chi connectivity index (χ0) is 28.0. The second kappa shape index (κ2) is 12.6. The maximum atomic E-state index is 13.2. The van der Waals surface area contributed by atoms with E-state index in [9.17, 15) is 22.6 Å². The lowest BCUT2D eigenvalue weighted by Crippen LogP contribution is -2.20. The molecule has 0 saturated heterocycles. The number of rotatable bonds is 5. The van der Waals surface area contributed by atoms with Crippen LogP contribution in [0.1, 0.15) is 20.7 Å². The summed E-state index contributed by atoms with van der Waals surface area (Å²) < 4.78 is 46.8. The highest BCUT2D eigenvalue weighted by Gasteiger charge is 2.32. The summed E-state index contributed by atoms with van der Waals surface area (Å²) in [5, 5.41) is -1.49. The van der Waals surface area contributed by atoms with Crippen LogP contribution in [-0.2, 0) is 10.1 Å². The van der Waals surface area contributed by atoms with E-state index in [2.05, 4.69) is 47.8 Å². The minimum atomic E-state index is -4.79. The van der Waals surface area contributed by atoms with Gasteiger partial charge in [0.1, 0.15) is 15.9 Å². The summed E-state index contributed by atoms with van der Waals surface area (Å²) in [5.74, 6) is -2.39. The van der Waals surface area contributed by atoms with E-state index in [1.54, 1.807) is 57.3 Å². The van der Waals surface area contributed by atoms with Crippen LogP contribution in [0, 0.1) is 7.14 Å². The number of carbonyl (C=O) groups is 2. The summed E-state index contributed by atoms with van der Waals surface area (Å²) in [6, 6.07) is 5.51. The van der Waals surface area contributed by atoms with Crippen LogP contribution < -0.4 is 9.47 Å². The topological polar surface area (TPSA) is 110 Å². The van der Waals surface area contributed by atoms with Crippen molar-refractivity contribution in [3.8, 4) is 11.5 Å². The maximum absolute atomic E-state index is 13.2. The third-order valence-corrected chi connectivity index (χ3v) is 11.1. The smallest absolute Gasteiger partial charge is 0.346 e. The molecular weight excluding hydrogens is 1020 g/mol. The lowest BCUT2D eigenvalue weighted by molar-refractivity contribution is 0.0691. The van der Waals surface area contributed by atoms with Gasteiger partial charge in [-0.25, -0.2) is 18.0 Å². The van der Waals surface area contributed by atoms with Crippen LogP contribution in [0.25, 0.3) is 0 Å². The molecule has 0 amide bonds. The predicted molar refractivity (Wildman–Crippen MR) is 166 cm³/mol. The Morgan fingerprint density at radius 3 is 1.57 bits per heavy atom. The van der Waals surface area contributed by atoms with Gasteiger partial charge in [0.15, 0.2) is 5.75 Å². The first-order chi connectivity index (χ1) is 17.0. The fourth-order valence-electron chi connectivity index (χ4n) is 2.78. The van der Waals surface area contributed by atoms with Crippen LogP contribution in [0.15, 0.2) is 42.6 Å². The fourth-order valence-corrected chi connectivity index (χ4v) is 10.1. The Hall–Kier alpha value is 0.570. The van der Waals surface area contributed by atoms with E-state index in [-0.39, 0.29) is 28.7 Å². The van der Waals surface area contributed by atoms with Gasteiger partial charge in [-0.3, -0.25) is 0 Å². The second-order valence-electron chi connectivity index (χ2n) is 6.65. The standard InChI is InChI=1S/C20H5Br3Cl4I2O7S/c21-5-1-7(22)17(8(23)2-5)36-20(31)12-11(13(24)15(26)16(27)14(12)25)19(30)35-6-3-9(28)18(10(29)4-6)37(32,33)34/h1-4H,(H,32,33,34)/p-1. The molecule has 7 nitrogen and oxygen atoms in total. The molecule has 0 aliphatic carbocycles. The third kappa shape index (κ3) is 7.08. The molecule has 0 heterocycles. The van der Waals surface area contributed by atoms with E-state index in [0.29, 0.717) is 13.4 Å². The van der Waals surface area contributed by atoms with E-state index >= 15 is 0 Å². The SMILES string of the molecule is O=C(Oc1cc(I)c(S(=O)(=O)[O-])c(I)c1)c1c(Cl)c(Cl)c(Cl)c(Cl)c1C(=O)Oc1c(Br)cc(Br)cc1Br. The summed E-state index contributed by atoms with van der Waals surface area (Å²) in [5.41, 5.74) is -1.09. The zero-order valence-electron chi connectivity index (χ0n) is 17.0. The second-order valence-corrected chi connectivity index (χ2v) is 14.4. The lowest BCUT2D eigenvalue weighted by Gasteiger charge is -2.17. The lowest BCUT2D eigenvalue weighted by atomic mass is 10.1. The van der Waals surface area contributed by atoms with E-state index in [1.165, 1.54) is 0 Å². The molecule has 0 unspecified atom stereocenters. The molecule has 0 aliphatic heterocycles. The monoisotopic (exact) mass is 1020 g/mol. The van der Waals surface area contributed by atoms with Crippen LogP contribution in [0.3, 0.4) is 0 Å². The molecule has 0 atom stereocenters. The molecule has 0 fully saturated rings. The normalized spacial score (nSPS) is 11.4. The number of halogens is 9. The van der Waals surface area contributed by atoms with Crippen molar-refractivity contribution in [2.75, 3.05) is 0 Å². The van der Waals surface area contributed by atoms with Gasteiger partial charge in [-0.1, -0.05) is 62.3 Å². The molecule has 0 spiro atoms. The Morgan fingerprint density at radius 2 is 1.16 bits per heavy atom. The minimum absolute atomic E-state index is 0.00476. The summed E-state index contributed by atoms with van der Waals surface area (Å²) in [4.78, 5) is 26.0. The molecule has 0 aliphatic rings. The molecule has 0 aromatic heterocycles. The Bertz CT molecular complexity index is 1560. The molecule has 0 saturated carbocycles. The van der Waals surface area contributed by atoms with Crippen molar-refractivity contribution >= 4 is 161 Å². The molecule has 3 rings (SSSR count). The Balaban J connectivity index is 2.12. The van der Waals surface area contributed by atoms with Crippen molar-refractivity contribution in [2.45, 2.75) is 4.90 Å². The fraction of sp³-hybridized carbons (Fsp3) is 0. The summed E-state index contributed by atoms with van der Waals surface area (Å²) in [6.45, 7) is 0. The van der Waals surface area contributed by atoms with Crippen molar-refractivity contribution in [3.63, 3.8) is 0 Å². The number of esters is 2. The van der Waals surface area contributed by atoms with Gasteiger partial charge in [0, 0.05) is 11.6 Å². The first kappa shape index (κ1) is 32.1. The van der Waals surface area contributed by atoms with Crippen LogP contribution >= 0.6 is 139 Å². The van der Waals surface area contributed by atoms with Gasteiger partial charge in [0.2, 0.25) is 0 Å². The summed E-state index contributed by atoms with van der Waals surface area (Å²) >= 11 is 37.9. The highest BCUT2D eigenvalue weighted by atomic mass is 127. The van der Waals surface area contributed by atoms with Gasteiger partial charge in [-0.05, 0) is 101 Å². The van der Waals surface area contributed by atoms with Crippen LogP contribution in [0.2, 0.25) is 20.1 Å². The molecule has 3 aromatic rings. The van der Waals surface area contributed by atoms with Crippen LogP contribution in [-0.4, -0.2) is 24.9 Å². The molecule has 37 heavy (non-hydrogen) atoms. The van der Waals surface area contributed by atoms with Crippen LogP contribution in [0.4, 0.5) is 0 Å². The summed E-state index contributed by atoms with van der Waals surface area (Å²) in [7, 11) is -4.79. The van der Waals surface area contributed by atoms with Crippen molar-refractivity contribution in [1.82, 2.24) is 0 Å². The minimum Gasteiger partial charge on any atom is -0.744 e. The zero-order valence-corrected chi connectivity index (χ0v) is 29.9. The number of benzene rings is 3. The number of ether oxygens (including phenoxy) is 2. The van der Waals surface area contributed by atoms with Gasteiger partial charge in [0.25, 0.3) is 0 Å². The number of carbonyl (C=O) groups excluding carboxylic acids is 2. The maximum Gasteiger partial charge on any atom is 0.346 e. The number of hydrogen-bond donors (Lipinski definition) is 0. The van der Waals surface area contributed by atoms with Crippen molar-refractivity contribution < 1.29 is 32.0 Å². The van der Waals surface area contributed by atoms with Crippen LogP contribution in [0.5, 0.6) is 11.5 Å². The molecule has 0 N–H and O–H groups in total. The molecule has 3 aromatic carbocycles. The average Bonchev–Trinajstić information content (AvgIpc) is 2.75. The molecule has 0 radical (unpaired) electrons. The predicted octanol–water partition coefficient (Wildman–Crippen LogP) is 9.14. The summed E-state index contributed by atoms with van der Waals surface area (Å²) in [6.07, 6.45) is 0. The Labute approximate surface area is 282 Å². The first-order valence-corrected chi connectivity index (χ1v) is 16.4. The highest BCUT2D eigenvalue weighted by molar-refractivity contribution is 14.1.